The fourth-order valence-electron chi connectivity index (χ4n) is 4.33. The Labute approximate surface area is 186 Å². The molecule has 7 heteroatoms. The lowest BCUT2D eigenvalue weighted by Crippen LogP contribution is -2.45. The van der Waals surface area contributed by atoms with Crippen LogP contribution in [0.15, 0.2) is 42.5 Å². The quantitative estimate of drug-likeness (QED) is 0.735. The van der Waals surface area contributed by atoms with Crippen molar-refractivity contribution in [3.63, 3.8) is 0 Å². The zero-order chi connectivity index (χ0) is 21.1. The van der Waals surface area contributed by atoms with E-state index in [2.05, 4.69) is 22.3 Å². The molecule has 0 spiro atoms. The summed E-state index contributed by atoms with van der Waals surface area (Å²) in [5, 5.41) is 3.84. The Hall–Kier alpha value is -2.24. The van der Waals surface area contributed by atoms with Gasteiger partial charge in [-0.2, -0.15) is 0 Å². The number of nitrogens with zero attached hydrogens (tertiary/aromatic N) is 2. The minimum absolute atomic E-state index is 0.129. The predicted octanol–water partition coefficient (Wildman–Crippen LogP) is 4.51. The molecule has 30 heavy (non-hydrogen) atoms. The van der Waals surface area contributed by atoms with E-state index in [0.29, 0.717) is 35.1 Å². The SMILES string of the molecule is O=C(NCc1ccccc1N1CCCC1)C1CCCN1C(=O)c1cc(Cl)ccc1Cl. The van der Waals surface area contributed by atoms with Gasteiger partial charge in [-0.1, -0.05) is 41.4 Å². The van der Waals surface area contributed by atoms with Crippen LogP contribution in [-0.2, 0) is 11.3 Å². The zero-order valence-corrected chi connectivity index (χ0v) is 18.3. The van der Waals surface area contributed by atoms with Crippen molar-refractivity contribution in [2.24, 2.45) is 0 Å². The highest BCUT2D eigenvalue weighted by molar-refractivity contribution is 6.35. The van der Waals surface area contributed by atoms with Gasteiger partial charge in [0, 0.05) is 36.9 Å². The van der Waals surface area contributed by atoms with Crippen LogP contribution in [0.3, 0.4) is 0 Å². The van der Waals surface area contributed by atoms with Crippen molar-refractivity contribution in [2.45, 2.75) is 38.3 Å². The lowest BCUT2D eigenvalue weighted by atomic mass is 10.1. The molecule has 2 saturated heterocycles. The second-order valence-corrected chi connectivity index (χ2v) is 8.67. The largest absolute Gasteiger partial charge is 0.371 e. The first-order valence-electron chi connectivity index (χ1n) is 10.4. The number of carbonyl (C=O) groups is 2. The topological polar surface area (TPSA) is 52.7 Å². The molecule has 2 aromatic rings. The van der Waals surface area contributed by atoms with Crippen LogP contribution in [0.5, 0.6) is 0 Å². The molecule has 1 unspecified atom stereocenters. The summed E-state index contributed by atoms with van der Waals surface area (Å²) < 4.78 is 0. The second kappa shape index (κ2) is 9.27. The third-order valence-electron chi connectivity index (χ3n) is 5.87. The highest BCUT2D eigenvalue weighted by Gasteiger charge is 2.35. The van der Waals surface area contributed by atoms with Crippen molar-refractivity contribution >= 4 is 40.7 Å². The van der Waals surface area contributed by atoms with Crippen molar-refractivity contribution in [1.82, 2.24) is 10.2 Å². The van der Waals surface area contributed by atoms with Crippen LogP contribution in [0.4, 0.5) is 5.69 Å². The van der Waals surface area contributed by atoms with Crippen molar-refractivity contribution in [3.05, 3.63) is 63.6 Å². The Morgan fingerprint density at radius 1 is 1.00 bits per heavy atom. The Balaban J connectivity index is 1.45. The first-order chi connectivity index (χ1) is 14.5. The molecule has 2 aliphatic rings. The van der Waals surface area contributed by atoms with Crippen LogP contribution in [0.2, 0.25) is 10.0 Å². The number of rotatable bonds is 5. The van der Waals surface area contributed by atoms with Crippen LogP contribution >= 0.6 is 23.2 Å². The molecule has 0 saturated carbocycles. The van der Waals surface area contributed by atoms with Crippen molar-refractivity contribution in [3.8, 4) is 0 Å². The number of amides is 2. The van der Waals surface area contributed by atoms with Gasteiger partial charge in [-0.25, -0.2) is 0 Å². The minimum atomic E-state index is -0.494. The van der Waals surface area contributed by atoms with Gasteiger partial charge in [-0.05, 0) is 55.5 Å². The van der Waals surface area contributed by atoms with Gasteiger partial charge in [0.15, 0.2) is 0 Å². The molecule has 0 radical (unpaired) electrons. The lowest BCUT2D eigenvalue weighted by molar-refractivity contribution is -0.125. The van der Waals surface area contributed by atoms with Crippen molar-refractivity contribution in [2.75, 3.05) is 24.5 Å². The standard InChI is InChI=1S/C23H25Cl2N3O2/c24-17-9-10-19(25)18(14-17)23(30)28-13-5-8-21(28)22(29)26-15-16-6-1-2-7-20(16)27-11-3-4-12-27/h1-2,6-7,9-10,14,21H,3-5,8,11-13,15H2,(H,26,29). The third-order valence-corrected chi connectivity index (χ3v) is 6.43. The molecule has 158 valence electrons. The zero-order valence-electron chi connectivity index (χ0n) is 16.7. The summed E-state index contributed by atoms with van der Waals surface area (Å²) in [4.78, 5) is 30.0. The van der Waals surface area contributed by atoms with Crippen molar-refractivity contribution < 1.29 is 9.59 Å². The van der Waals surface area contributed by atoms with Gasteiger partial charge in [-0.15, -0.1) is 0 Å². The fourth-order valence-corrected chi connectivity index (χ4v) is 4.70. The van der Waals surface area contributed by atoms with Crippen LogP contribution in [-0.4, -0.2) is 42.4 Å². The molecule has 2 amide bonds. The molecular formula is C23H25Cl2N3O2. The Kier molecular flexibility index (Phi) is 6.49. The Morgan fingerprint density at radius 2 is 1.77 bits per heavy atom. The summed E-state index contributed by atoms with van der Waals surface area (Å²) in [5.74, 6) is -0.382. The first-order valence-corrected chi connectivity index (χ1v) is 11.2. The number of nitrogens with one attached hydrogen (secondary N) is 1. The first kappa shape index (κ1) is 21.0. The molecule has 1 atom stereocenters. The number of halogens is 2. The summed E-state index contributed by atoms with van der Waals surface area (Å²) in [6.45, 7) is 3.08. The molecule has 0 aromatic heterocycles. The maximum atomic E-state index is 13.0. The fraction of sp³-hybridized carbons (Fsp3) is 0.391. The van der Waals surface area contributed by atoms with E-state index in [9.17, 15) is 9.59 Å². The number of carbonyl (C=O) groups excluding carboxylic acids is 2. The summed E-state index contributed by atoms with van der Waals surface area (Å²) in [6.07, 6.45) is 3.83. The smallest absolute Gasteiger partial charge is 0.256 e. The highest BCUT2D eigenvalue weighted by atomic mass is 35.5. The minimum Gasteiger partial charge on any atom is -0.371 e. The number of para-hydroxylation sites is 1. The van der Waals surface area contributed by atoms with E-state index in [0.717, 1.165) is 25.1 Å². The highest BCUT2D eigenvalue weighted by Crippen LogP contribution is 2.27. The lowest BCUT2D eigenvalue weighted by Gasteiger charge is -2.25. The van der Waals surface area contributed by atoms with Crippen molar-refractivity contribution in [1.29, 1.82) is 0 Å². The third kappa shape index (κ3) is 4.42. The van der Waals surface area contributed by atoms with E-state index >= 15 is 0 Å². The summed E-state index contributed by atoms with van der Waals surface area (Å²) in [5.41, 5.74) is 2.62. The van der Waals surface area contributed by atoms with E-state index < -0.39 is 6.04 Å². The average Bonchev–Trinajstić information content (AvgIpc) is 3.45. The molecular weight excluding hydrogens is 421 g/mol. The van der Waals surface area contributed by atoms with E-state index in [4.69, 9.17) is 23.2 Å². The molecule has 2 aromatic carbocycles. The van der Waals surface area contributed by atoms with Crippen LogP contribution in [0.25, 0.3) is 0 Å². The molecule has 2 heterocycles. The van der Waals surface area contributed by atoms with E-state index in [1.54, 1.807) is 23.1 Å². The number of likely N-dealkylation sites (tertiary alicyclic amines) is 1. The Morgan fingerprint density at radius 3 is 2.57 bits per heavy atom. The average molecular weight is 446 g/mol. The summed E-state index contributed by atoms with van der Waals surface area (Å²) in [6, 6.07) is 12.5. The molecule has 2 aliphatic heterocycles. The Bertz CT molecular complexity index is 944. The number of hydrogen-bond acceptors (Lipinski definition) is 3. The van der Waals surface area contributed by atoms with Gasteiger partial charge in [0.1, 0.15) is 6.04 Å². The van der Waals surface area contributed by atoms with Gasteiger partial charge in [0.05, 0.1) is 10.6 Å². The van der Waals surface area contributed by atoms with Crippen LogP contribution in [0.1, 0.15) is 41.6 Å². The molecule has 4 rings (SSSR count). The van der Waals surface area contributed by atoms with Gasteiger partial charge < -0.3 is 15.1 Å². The van der Waals surface area contributed by atoms with E-state index in [-0.39, 0.29) is 11.8 Å². The van der Waals surface area contributed by atoms with Gasteiger partial charge in [0.2, 0.25) is 5.91 Å². The monoisotopic (exact) mass is 445 g/mol. The molecule has 0 aliphatic carbocycles. The number of anilines is 1. The van der Waals surface area contributed by atoms with Gasteiger partial charge in [-0.3, -0.25) is 9.59 Å². The predicted molar refractivity (Wildman–Crippen MR) is 120 cm³/mol. The van der Waals surface area contributed by atoms with E-state index in [1.165, 1.54) is 18.5 Å². The molecule has 0 bridgehead atoms. The van der Waals surface area contributed by atoms with E-state index in [1.807, 2.05) is 12.1 Å². The van der Waals surface area contributed by atoms with Crippen LogP contribution in [0, 0.1) is 0 Å². The number of benzene rings is 2. The van der Waals surface area contributed by atoms with Gasteiger partial charge >= 0.3 is 0 Å². The van der Waals surface area contributed by atoms with Gasteiger partial charge in [0.25, 0.3) is 5.91 Å². The maximum absolute atomic E-state index is 13.0. The second-order valence-electron chi connectivity index (χ2n) is 7.82. The van der Waals surface area contributed by atoms with Crippen LogP contribution < -0.4 is 10.2 Å². The molecule has 2 fully saturated rings. The number of hydrogen-bond donors (Lipinski definition) is 1. The summed E-state index contributed by atoms with van der Waals surface area (Å²) >= 11 is 12.2. The normalized spacial score (nSPS) is 18.7. The summed E-state index contributed by atoms with van der Waals surface area (Å²) in [7, 11) is 0. The molecule has 1 N–H and O–H groups in total. The molecule has 5 nitrogen and oxygen atoms in total. The maximum Gasteiger partial charge on any atom is 0.256 e.